The number of hydrogen-bond acceptors (Lipinski definition) is 3. The summed E-state index contributed by atoms with van der Waals surface area (Å²) in [6.45, 7) is 0.738. The number of benzene rings is 1. The van der Waals surface area contributed by atoms with Crippen LogP contribution in [-0.4, -0.2) is 7.05 Å². The maximum Gasteiger partial charge on any atom is 0.138 e. The number of nitrogens with zero attached hydrogens (tertiary/aromatic N) is 1. The van der Waals surface area contributed by atoms with Gasteiger partial charge in [0, 0.05) is 18.0 Å². The fourth-order valence-electron chi connectivity index (χ4n) is 1.60. The molecular formula is C12H12FIN2S. The van der Waals surface area contributed by atoms with E-state index in [9.17, 15) is 4.39 Å². The van der Waals surface area contributed by atoms with Crippen molar-refractivity contribution in [3.8, 4) is 0 Å². The van der Waals surface area contributed by atoms with E-state index in [1.807, 2.05) is 46.0 Å². The standard InChI is InChI=1S/C12H12FIN2S/c1-16(7-8-3-2-4-17-8)12-5-9(13)10(14)6-11(12)15/h2-6H,7,15H2,1H3. The SMILES string of the molecule is CN(Cc1cccs1)c1cc(F)c(I)cc1N. The summed E-state index contributed by atoms with van der Waals surface area (Å²) in [5, 5.41) is 2.03. The zero-order valence-electron chi connectivity index (χ0n) is 9.28. The van der Waals surface area contributed by atoms with E-state index in [0.29, 0.717) is 9.26 Å². The molecule has 90 valence electrons. The van der Waals surface area contributed by atoms with Gasteiger partial charge >= 0.3 is 0 Å². The summed E-state index contributed by atoms with van der Waals surface area (Å²) < 4.78 is 14.1. The Morgan fingerprint density at radius 1 is 1.47 bits per heavy atom. The van der Waals surface area contributed by atoms with Crippen LogP contribution >= 0.6 is 33.9 Å². The molecule has 0 atom stereocenters. The lowest BCUT2D eigenvalue weighted by Gasteiger charge is -2.20. The fourth-order valence-corrected chi connectivity index (χ4v) is 2.85. The summed E-state index contributed by atoms with van der Waals surface area (Å²) in [4.78, 5) is 3.19. The van der Waals surface area contributed by atoms with Crippen LogP contribution in [0.2, 0.25) is 0 Å². The molecule has 0 aliphatic rings. The van der Waals surface area contributed by atoms with Crippen LogP contribution < -0.4 is 10.6 Å². The third kappa shape index (κ3) is 2.90. The van der Waals surface area contributed by atoms with E-state index in [4.69, 9.17) is 5.73 Å². The molecule has 2 N–H and O–H groups in total. The highest BCUT2D eigenvalue weighted by atomic mass is 127. The third-order valence-corrected chi connectivity index (χ3v) is 4.14. The molecule has 0 saturated carbocycles. The quantitative estimate of drug-likeness (QED) is 0.666. The maximum atomic E-state index is 13.5. The lowest BCUT2D eigenvalue weighted by molar-refractivity contribution is 0.620. The molecule has 0 unspecified atom stereocenters. The van der Waals surface area contributed by atoms with Gasteiger partial charge < -0.3 is 10.6 Å². The molecule has 17 heavy (non-hydrogen) atoms. The highest BCUT2D eigenvalue weighted by molar-refractivity contribution is 14.1. The van der Waals surface area contributed by atoms with Gasteiger partial charge in [0.05, 0.1) is 21.5 Å². The molecule has 0 bridgehead atoms. The van der Waals surface area contributed by atoms with E-state index in [-0.39, 0.29) is 5.82 Å². The van der Waals surface area contributed by atoms with E-state index < -0.39 is 0 Å². The molecule has 0 fully saturated rings. The van der Waals surface area contributed by atoms with Crippen molar-refractivity contribution in [2.75, 3.05) is 17.7 Å². The van der Waals surface area contributed by atoms with Gasteiger partial charge in [-0.3, -0.25) is 0 Å². The molecule has 0 aliphatic carbocycles. The number of nitrogen functional groups attached to an aromatic ring is 1. The van der Waals surface area contributed by atoms with Crippen LogP contribution in [0.25, 0.3) is 0 Å². The van der Waals surface area contributed by atoms with Gasteiger partial charge in [0.25, 0.3) is 0 Å². The number of anilines is 2. The molecule has 0 saturated heterocycles. The summed E-state index contributed by atoms with van der Waals surface area (Å²) in [7, 11) is 1.91. The molecule has 1 aromatic carbocycles. The first kappa shape index (κ1) is 12.6. The summed E-state index contributed by atoms with van der Waals surface area (Å²) in [5.74, 6) is -0.229. The van der Waals surface area contributed by atoms with Crippen molar-refractivity contribution < 1.29 is 4.39 Å². The Labute approximate surface area is 117 Å². The second-order valence-corrected chi connectivity index (χ2v) is 5.95. The lowest BCUT2D eigenvalue weighted by Crippen LogP contribution is -2.17. The van der Waals surface area contributed by atoms with Crippen molar-refractivity contribution in [3.63, 3.8) is 0 Å². The van der Waals surface area contributed by atoms with Crippen LogP contribution in [0, 0.1) is 9.39 Å². The van der Waals surface area contributed by atoms with Crippen molar-refractivity contribution in [1.82, 2.24) is 0 Å². The summed E-state index contributed by atoms with van der Waals surface area (Å²) >= 11 is 3.62. The zero-order valence-corrected chi connectivity index (χ0v) is 12.3. The molecule has 5 heteroatoms. The number of halogens is 2. The predicted octanol–water partition coefficient (Wildman–Crippen LogP) is 3.71. The number of thiophene rings is 1. The number of rotatable bonds is 3. The van der Waals surface area contributed by atoms with Crippen LogP contribution in [0.15, 0.2) is 29.6 Å². The first-order valence-corrected chi connectivity index (χ1v) is 7.02. The Bertz CT molecular complexity index is 513. The first-order valence-electron chi connectivity index (χ1n) is 5.06. The Morgan fingerprint density at radius 2 is 2.24 bits per heavy atom. The lowest BCUT2D eigenvalue weighted by atomic mass is 10.2. The van der Waals surface area contributed by atoms with Crippen molar-refractivity contribution in [2.45, 2.75) is 6.54 Å². The van der Waals surface area contributed by atoms with Crippen molar-refractivity contribution in [2.24, 2.45) is 0 Å². The van der Waals surface area contributed by atoms with Crippen LogP contribution in [0.5, 0.6) is 0 Å². The zero-order chi connectivity index (χ0) is 12.4. The molecule has 0 aliphatic heterocycles. The van der Waals surface area contributed by atoms with Crippen molar-refractivity contribution >= 4 is 45.3 Å². The highest BCUT2D eigenvalue weighted by Crippen LogP contribution is 2.28. The summed E-state index contributed by atoms with van der Waals surface area (Å²) in [6.07, 6.45) is 0. The number of nitrogens with two attached hydrogens (primary N) is 1. The normalized spacial score (nSPS) is 10.5. The van der Waals surface area contributed by atoms with Crippen LogP contribution in [0.4, 0.5) is 15.8 Å². The van der Waals surface area contributed by atoms with E-state index in [1.165, 1.54) is 10.9 Å². The van der Waals surface area contributed by atoms with Crippen molar-refractivity contribution in [1.29, 1.82) is 0 Å². The Hall–Kier alpha value is -0.820. The molecule has 1 aromatic heterocycles. The highest BCUT2D eigenvalue weighted by Gasteiger charge is 2.10. The summed E-state index contributed by atoms with van der Waals surface area (Å²) in [5.41, 5.74) is 7.25. The largest absolute Gasteiger partial charge is 0.397 e. The fraction of sp³-hybridized carbons (Fsp3) is 0.167. The van der Waals surface area contributed by atoms with Gasteiger partial charge in [-0.25, -0.2) is 4.39 Å². The topological polar surface area (TPSA) is 29.3 Å². The smallest absolute Gasteiger partial charge is 0.138 e. The van der Waals surface area contributed by atoms with E-state index in [2.05, 4.69) is 6.07 Å². The summed E-state index contributed by atoms with van der Waals surface area (Å²) in [6, 6.07) is 7.22. The average Bonchev–Trinajstić information content (AvgIpc) is 2.76. The second-order valence-electron chi connectivity index (χ2n) is 3.76. The van der Waals surface area contributed by atoms with Gasteiger partial charge in [0.15, 0.2) is 0 Å². The monoisotopic (exact) mass is 362 g/mol. The van der Waals surface area contributed by atoms with E-state index in [1.54, 1.807) is 17.4 Å². The predicted molar refractivity (Wildman–Crippen MR) is 80.0 cm³/mol. The Morgan fingerprint density at radius 3 is 2.88 bits per heavy atom. The van der Waals surface area contributed by atoms with E-state index >= 15 is 0 Å². The minimum Gasteiger partial charge on any atom is -0.397 e. The molecule has 2 nitrogen and oxygen atoms in total. The van der Waals surface area contributed by atoms with Gasteiger partial charge in [0.2, 0.25) is 0 Å². The van der Waals surface area contributed by atoms with Gasteiger partial charge in [-0.2, -0.15) is 0 Å². The van der Waals surface area contributed by atoms with Gasteiger partial charge in [-0.1, -0.05) is 6.07 Å². The molecule has 1 heterocycles. The number of hydrogen-bond donors (Lipinski definition) is 1. The minimum absolute atomic E-state index is 0.229. The second kappa shape index (κ2) is 5.22. The van der Waals surface area contributed by atoms with Crippen LogP contribution in [0.1, 0.15) is 4.88 Å². The molecule has 0 spiro atoms. The van der Waals surface area contributed by atoms with Gasteiger partial charge in [-0.15, -0.1) is 11.3 Å². The maximum absolute atomic E-state index is 13.5. The molecule has 2 rings (SSSR count). The third-order valence-electron chi connectivity index (χ3n) is 2.45. The minimum atomic E-state index is -0.229. The Kier molecular flexibility index (Phi) is 3.88. The molecular weight excluding hydrogens is 350 g/mol. The van der Waals surface area contributed by atoms with Crippen LogP contribution in [-0.2, 0) is 6.54 Å². The molecule has 0 radical (unpaired) electrons. The van der Waals surface area contributed by atoms with Crippen LogP contribution in [0.3, 0.4) is 0 Å². The van der Waals surface area contributed by atoms with Gasteiger partial charge in [-0.05, 0) is 40.1 Å². The van der Waals surface area contributed by atoms with E-state index in [0.717, 1.165) is 12.2 Å². The molecule has 2 aromatic rings. The average molecular weight is 362 g/mol. The van der Waals surface area contributed by atoms with Gasteiger partial charge in [0.1, 0.15) is 5.82 Å². The van der Waals surface area contributed by atoms with Crippen molar-refractivity contribution in [3.05, 3.63) is 43.9 Å². The Balaban J connectivity index is 2.24. The molecule has 0 amide bonds. The first-order chi connectivity index (χ1) is 8.08.